The van der Waals surface area contributed by atoms with Gasteiger partial charge in [0.05, 0.1) is 10.5 Å². The number of halogens is 1. The molecule has 14 heavy (non-hydrogen) atoms. The highest BCUT2D eigenvalue weighted by molar-refractivity contribution is 6.35. The number of aromatic nitrogens is 1. The lowest BCUT2D eigenvalue weighted by Crippen LogP contribution is -1.99. The van der Waals surface area contributed by atoms with Crippen molar-refractivity contribution in [3.8, 4) is 0 Å². The molecule has 0 bridgehead atoms. The molecule has 2 aromatic rings. The number of hydrogen-bond donors (Lipinski definition) is 1. The number of para-hydroxylation sites is 1. The maximum Gasteiger partial charge on any atom is 0.354 e. The van der Waals surface area contributed by atoms with Crippen LogP contribution in [-0.2, 0) is 0 Å². The smallest absolute Gasteiger partial charge is 0.354 e. The van der Waals surface area contributed by atoms with E-state index in [1.807, 2.05) is 6.07 Å². The minimum absolute atomic E-state index is 0.00519. The fourth-order valence-corrected chi connectivity index (χ4v) is 1.45. The Morgan fingerprint density at radius 2 is 2.07 bits per heavy atom. The number of fused-ring (bicyclic) bond motifs is 1. The Hall–Kier alpha value is -1.61. The second kappa shape index (κ2) is 3.27. The summed E-state index contributed by atoms with van der Waals surface area (Å²) in [6.45, 7) is 0. The Morgan fingerprint density at radius 3 is 2.79 bits per heavy atom. The second-order valence-corrected chi connectivity index (χ2v) is 3.22. The summed E-state index contributed by atoms with van der Waals surface area (Å²) in [5.74, 6) is -1.05. The maximum atomic E-state index is 10.7. The third kappa shape index (κ3) is 1.42. The summed E-state index contributed by atoms with van der Waals surface area (Å²) in [4.78, 5) is 14.6. The van der Waals surface area contributed by atoms with Crippen molar-refractivity contribution >= 4 is 28.5 Å². The summed E-state index contributed by atoms with van der Waals surface area (Å²) in [7, 11) is 0. The van der Waals surface area contributed by atoms with E-state index < -0.39 is 5.97 Å². The quantitative estimate of drug-likeness (QED) is 0.782. The Kier molecular flexibility index (Phi) is 2.09. The first-order valence-corrected chi connectivity index (χ1v) is 4.35. The molecule has 0 fully saturated rings. The molecular formula is C10H6ClNO2. The van der Waals surface area contributed by atoms with E-state index in [0.717, 1.165) is 5.39 Å². The van der Waals surface area contributed by atoms with Crippen LogP contribution in [0.3, 0.4) is 0 Å². The molecule has 70 valence electrons. The molecule has 0 saturated carbocycles. The van der Waals surface area contributed by atoms with Crippen molar-refractivity contribution in [2.24, 2.45) is 0 Å². The number of carboxylic acids is 1. The molecule has 0 spiro atoms. The van der Waals surface area contributed by atoms with Gasteiger partial charge in [0.25, 0.3) is 0 Å². The zero-order valence-electron chi connectivity index (χ0n) is 7.07. The Balaban J connectivity index is 2.76. The normalized spacial score (nSPS) is 10.4. The van der Waals surface area contributed by atoms with Gasteiger partial charge in [0, 0.05) is 5.39 Å². The molecule has 1 N–H and O–H groups in total. The van der Waals surface area contributed by atoms with Gasteiger partial charge in [-0.1, -0.05) is 29.8 Å². The topological polar surface area (TPSA) is 50.2 Å². The van der Waals surface area contributed by atoms with E-state index in [0.29, 0.717) is 10.5 Å². The van der Waals surface area contributed by atoms with Crippen LogP contribution in [0.2, 0.25) is 5.02 Å². The van der Waals surface area contributed by atoms with Crippen molar-refractivity contribution in [1.29, 1.82) is 0 Å². The highest BCUT2D eigenvalue weighted by Gasteiger charge is 2.06. The number of hydrogen-bond acceptors (Lipinski definition) is 2. The molecule has 3 nitrogen and oxygen atoms in total. The molecule has 0 aliphatic heterocycles. The summed E-state index contributed by atoms with van der Waals surface area (Å²) < 4.78 is 0. The van der Waals surface area contributed by atoms with Gasteiger partial charge in [-0.15, -0.1) is 0 Å². The van der Waals surface area contributed by atoms with Crippen LogP contribution >= 0.6 is 11.6 Å². The van der Waals surface area contributed by atoms with Crippen LogP contribution in [0.5, 0.6) is 0 Å². The molecule has 0 aliphatic carbocycles. The van der Waals surface area contributed by atoms with Gasteiger partial charge in [-0.3, -0.25) is 0 Å². The monoisotopic (exact) mass is 207 g/mol. The maximum absolute atomic E-state index is 10.7. The molecule has 2 rings (SSSR count). The zero-order chi connectivity index (χ0) is 10.1. The lowest BCUT2D eigenvalue weighted by molar-refractivity contribution is 0.0691. The Bertz CT molecular complexity index is 510. The average Bonchev–Trinajstić information content (AvgIpc) is 2.18. The van der Waals surface area contributed by atoms with E-state index in [9.17, 15) is 4.79 Å². The largest absolute Gasteiger partial charge is 0.477 e. The summed E-state index contributed by atoms with van der Waals surface area (Å²) in [6, 6.07) is 8.47. The van der Waals surface area contributed by atoms with E-state index in [4.69, 9.17) is 16.7 Å². The van der Waals surface area contributed by atoms with E-state index >= 15 is 0 Å². The van der Waals surface area contributed by atoms with Crippen LogP contribution in [0.25, 0.3) is 10.9 Å². The van der Waals surface area contributed by atoms with Gasteiger partial charge in [0.2, 0.25) is 0 Å². The molecule has 0 atom stereocenters. The number of carboxylic acid groups (broad SMARTS) is 1. The third-order valence-electron chi connectivity index (χ3n) is 1.89. The molecule has 4 heteroatoms. The predicted octanol–water partition coefficient (Wildman–Crippen LogP) is 2.59. The van der Waals surface area contributed by atoms with Crippen LogP contribution in [-0.4, -0.2) is 16.1 Å². The van der Waals surface area contributed by atoms with Crippen molar-refractivity contribution in [2.45, 2.75) is 0 Å². The number of aromatic carboxylic acids is 1. The number of rotatable bonds is 1. The number of nitrogens with zero attached hydrogens (tertiary/aromatic N) is 1. The molecule has 1 heterocycles. The number of carbonyl (C=O) groups is 1. The Morgan fingerprint density at radius 1 is 1.29 bits per heavy atom. The average molecular weight is 208 g/mol. The van der Waals surface area contributed by atoms with Gasteiger partial charge in [0.1, 0.15) is 5.69 Å². The summed E-state index contributed by atoms with van der Waals surface area (Å²) in [5, 5.41) is 10.0. The lowest BCUT2D eigenvalue weighted by atomic mass is 10.2. The van der Waals surface area contributed by atoms with E-state index in [1.165, 1.54) is 6.07 Å². The van der Waals surface area contributed by atoms with Crippen molar-refractivity contribution in [1.82, 2.24) is 4.98 Å². The van der Waals surface area contributed by atoms with E-state index in [2.05, 4.69) is 4.98 Å². The Labute approximate surface area is 85.0 Å². The minimum Gasteiger partial charge on any atom is -0.477 e. The van der Waals surface area contributed by atoms with Crippen LogP contribution < -0.4 is 0 Å². The number of benzene rings is 1. The van der Waals surface area contributed by atoms with Crippen molar-refractivity contribution < 1.29 is 9.90 Å². The highest BCUT2D eigenvalue weighted by Crippen LogP contribution is 2.21. The van der Waals surface area contributed by atoms with Gasteiger partial charge in [-0.2, -0.15) is 0 Å². The molecule has 0 saturated heterocycles. The van der Waals surface area contributed by atoms with Gasteiger partial charge >= 0.3 is 5.97 Å². The lowest BCUT2D eigenvalue weighted by Gasteiger charge is -2.00. The third-order valence-corrected chi connectivity index (χ3v) is 2.20. The predicted molar refractivity (Wildman–Crippen MR) is 53.7 cm³/mol. The first kappa shape index (κ1) is 8.97. The van der Waals surface area contributed by atoms with Crippen molar-refractivity contribution in [3.05, 3.63) is 41.0 Å². The summed E-state index contributed by atoms with van der Waals surface area (Å²) in [6.07, 6.45) is 0. The molecule has 0 amide bonds. The van der Waals surface area contributed by atoms with E-state index in [1.54, 1.807) is 18.2 Å². The van der Waals surface area contributed by atoms with Crippen LogP contribution in [0.4, 0.5) is 0 Å². The van der Waals surface area contributed by atoms with Crippen LogP contribution in [0.15, 0.2) is 30.3 Å². The molecule has 1 aromatic heterocycles. The summed E-state index contributed by atoms with van der Waals surface area (Å²) >= 11 is 5.88. The van der Waals surface area contributed by atoms with Gasteiger partial charge in [-0.05, 0) is 12.1 Å². The molecule has 1 aromatic carbocycles. The first-order valence-electron chi connectivity index (χ1n) is 3.97. The molecule has 0 radical (unpaired) electrons. The van der Waals surface area contributed by atoms with Gasteiger partial charge < -0.3 is 5.11 Å². The van der Waals surface area contributed by atoms with Crippen molar-refractivity contribution in [3.63, 3.8) is 0 Å². The molecule has 0 aliphatic rings. The molecular weight excluding hydrogens is 202 g/mol. The second-order valence-electron chi connectivity index (χ2n) is 2.81. The first-order chi connectivity index (χ1) is 6.68. The van der Waals surface area contributed by atoms with Crippen LogP contribution in [0, 0.1) is 0 Å². The fraction of sp³-hybridized carbons (Fsp3) is 0. The fourth-order valence-electron chi connectivity index (χ4n) is 1.23. The van der Waals surface area contributed by atoms with E-state index in [-0.39, 0.29) is 5.69 Å². The standard InChI is InChI=1S/C10H6ClNO2/c11-7-3-1-2-6-4-5-8(10(13)14)12-9(6)7/h1-5H,(H,13,14). The number of pyridine rings is 1. The minimum atomic E-state index is -1.05. The molecule has 0 unspecified atom stereocenters. The highest BCUT2D eigenvalue weighted by atomic mass is 35.5. The van der Waals surface area contributed by atoms with Gasteiger partial charge in [-0.25, -0.2) is 9.78 Å². The van der Waals surface area contributed by atoms with Gasteiger partial charge in [0.15, 0.2) is 0 Å². The zero-order valence-corrected chi connectivity index (χ0v) is 7.82. The SMILES string of the molecule is O=C(O)c1ccc2cccc(Cl)c2n1. The summed E-state index contributed by atoms with van der Waals surface area (Å²) in [5.41, 5.74) is 0.527. The van der Waals surface area contributed by atoms with Crippen molar-refractivity contribution in [2.75, 3.05) is 0 Å². The van der Waals surface area contributed by atoms with Crippen LogP contribution in [0.1, 0.15) is 10.5 Å².